The molecule has 0 aliphatic carbocycles. The third-order valence-electron chi connectivity index (χ3n) is 5.28. The van der Waals surface area contributed by atoms with Crippen LogP contribution in [0.25, 0.3) is 0 Å². The van der Waals surface area contributed by atoms with Crippen LogP contribution in [0.3, 0.4) is 0 Å². The summed E-state index contributed by atoms with van der Waals surface area (Å²) in [7, 11) is 0. The molecule has 0 atom stereocenters. The maximum atomic E-state index is 12.0. The van der Waals surface area contributed by atoms with Crippen LogP contribution < -0.4 is 21.3 Å². The van der Waals surface area contributed by atoms with Crippen molar-refractivity contribution in [1.29, 1.82) is 0 Å². The van der Waals surface area contributed by atoms with Crippen molar-refractivity contribution in [3.8, 4) is 0 Å². The highest BCUT2D eigenvalue weighted by molar-refractivity contribution is 6.30. The normalized spacial score (nSPS) is 10.7. The summed E-state index contributed by atoms with van der Waals surface area (Å²) in [4.78, 5) is 25.4. The summed E-state index contributed by atoms with van der Waals surface area (Å²) in [6, 6.07) is 16.7. The second-order valence-electron chi connectivity index (χ2n) is 8.34. The van der Waals surface area contributed by atoms with Gasteiger partial charge in [0.25, 0.3) is 5.91 Å². The maximum absolute atomic E-state index is 12.0. The van der Waals surface area contributed by atoms with Crippen molar-refractivity contribution >= 4 is 35.4 Å². The Morgan fingerprint density at radius 3 is 2.03 bits per heavy atom. The maximum Gasteiger partial charge on any atom is 0.251 e. The second kappa shape index (κ2) is 17.1. The zero-order valence-electron chi connectivity index (χ0n) is 21.7. The van der Waals surface area contributed by atoms with Crippen LogP contribution in [0.1, 0.15) is 35.7 Å². The first kappa shape index (κ1) is 29.1. The van der Waals surface area contributed by atoms with Gasteiger partial charge in [0.05, 0.1) is 26.4 Å². The highest BCUT2D eigenvalue weighted by atomic mass is 35.5. The second-order valence-corrected chi connectivity index (χ2v) is 8.78. The molecule has 3 aromatic rings. The fourth-order valence-corrected chi connectivity index (χ4v) is 3.38. The Labute approximate surface area is 228 Å². The molecule has 204 valence electrons. The van der Waals surface area contributed by atoms with Crippen LogP contribution in [-0.2, 0) is 16.0 Å². The predicted molar refractivity (Wildman–Crippen MR) is 151 cm³/mol. The van der Waals surface area contributed by atoms with E-state index in [2.05, 4.69) is 43.1 Å². The number of benzene rings is 2. The van der Waals surface area contributed by atoms with Crippen molar-refractivity contribution in [2.45, 2.75) is 26.3 Å². The molecular weight excluding hydrogens is 506 g/mol. The molecule has 0 aliphatic heterocycles. The van der Waals surface area contributed by atoms with Crippen LogP contribution in [-0.4, -0.2) is 66.9 Å². The highest BCUT2D eigenvalue weighted by Gasteiger charge is 2.07. The molecule has 38 heavy (non-hydrogen) atoms. The van der Waals surface area contributed by atoms with Crippen molar-refractivity contribution in [3.05, 3.63) is 70.7 Å². The van der Waals surface area contributed by atoms with Crippen molar-refractivity contribution in [3.63, 3.8) is 0 Å². The van der Waals surface area contributed by atoms with E-state index in [1.165, 1.54) is 0 Å². The molecule has 11 heteroatoms. The van der Waals surface area contributed by atoms with E-state index < -0.39 is 0 Å². The smallest absolute Gasteiger partial charge is 0.251 e. The molecule has 0 spiro atoms. The molecule has 1 heterocycles. The Bertz CT molecular complexity index is 1090. The molecule has 0 radical (unpaired) electrons. The summed E-state index contributed by atoms with van der Waals surface area (Å²) in [6.07, 6.45) is 2.10. The molecule has 0 unspecified atom stereocenters. The van der Waals surface area contributed by atoms with Gasteiger partial charge < -0.3 is 30.7 Å². The quantitative estimate of drug-likeness (QED) is 0.175. The summed E-state index contributed by atoms with van der Waals surface area (Å²) in [6.45, 7) is 6.23. The van der Waals surface area contributed by atoms with E-state index in [9.17, 15) is 4.79 Å². The summed E-state index contributed by atoms with van der Waals surface area (Å²) >= 11 is 5.97. The standard InChI is InChI=1S/C27H36ClN7O3/c1-2-3-13-30-25-33-26(35-27(34-25)32-20-21-9-11-23(28)12-10-21)31-15-17-38-19-18-37-16-14-29-24(36)22-7-5-4-6-8-22/h4-12H,2-3,13-20H2,1H3,(H,29,36)(H3,30,31,32,33,34,35). The van der Waals surface area contributed by atoms with E-state index in [0.29, 0.717) is 74.5 Å². The van der Waals surface area contributed by atoms with E-state index in [0.717, 1.165) is 24.9 Å². The number of ether oxygens (including phenoxy) is 2. The number of unbranched alkanes of at least 4 members (excludes halogenated alkanes) is 1. The van der Waals surface area contributed by atoms with E-state index in [4.69, 9.17) is 21.1 Å². The SMILES string of the molecule is CCCCNc1nc(NCCOCCOCCNC(=O)c2ccccc2)nc(NCc2ccc(Cl)cc2)n1. The number of hydrogen-bond acceptors (Lipinski definition) is 9. The van der Waals surface area contributed by atoms with Crippen LogP contribution in [0.15, 0.2) is 54.6 Å². The van der Waals surface area contributed by atoms with E-state index in [1.807, 2.05) is 42.5 Å². The third kappa shape index (κ3) is 11.3. The first-order valence-electron chi connectivity index (χ1n) is 12.8. The molecular formula is C27H36ClN7O3. The van der Waals surface area contributed by atoms with Crippen LogP contribution in [0.4, 0.5) is 17.8 Å². The lowest BCUT2D eigenvalue weighted by Crippen LogP contribution is -2.27. The van der Waals surface area contributed by atoms with E-state index in [1.54, 1.807) is 12.1 Å². The van der Waals surface area contributed by atoms with Gasteiger partial charge in [0, 0.05) is 36.8 Å². The van der Waals surface area contributed by atoms with Gasteiger partial charge in [-0.3, -0.25) is 4.79 Å². The van der Waals surface area contributed by atoms with Crippen LogP contribution in [0.5, 0.6) is 0 Å². The molecule has 3 rings (SSSR count). The Balaban J connectivity index is 1.33. The number of anilines is 3. The molecule has 4 N–H and O–H groups in total. The Morgan fingerprint density at radius 1 is 0.763 bits per heavy atom. The van der Waals surface area contributed by atoms with Gasteiger partial charge in [-0.1, -0.05) is 55.3 Å². The Kier molecular flexibility index (Phi) is 13.1. The lowest BCUT2D eigenvalue weighted by atomic mass is 10.2. The molecule has 0 saturated heterocycles. The zero-order chi connectivity index (χ0) is 26.8. The topological polar surface area (TPSA) is 122 Å². The zero-order valence-corrected chi connectivity index (χ0v) is 22.5. The number of carbonyl (C=O) groups is 1. The number of carbonyl (C=O) groups excluding carboxylic acids is 1. The van der Waals surface area contributed by atoms with Crippen molar-refractivity contribution < 1.29 is 14.3 Å². The summed E-state index contributed by atoms with van der Waals surface area (Å²) in [5, 5.41) is 13.2. The number of nitrogens with zero attached hydrogens (tertiary/aromatic N) is 3. The molecule has 0 saturated carbocycles. The first-order chi connectivity index (χ1) is 18.6. The molecule has 10 nitrogen and oxygen atoms in total. The van der Waals surface area contributed by atoms with Crippen LogP contribution >= 0.6 is 11.6 Å². The first-order valence-corrected chi connectivity index (χ1v) is 13.2. The predicted octanol–water partition coefficient (Wildman–Crippen LogP) is 4.22. The fraction of sp³-hybridized carbons (Fsp3) is 0.407. The summed E-state index contributed by atoms with van der Waals surface area (Å²) in [5.41, 5.74) is 1.70. The van der Waals surface area contributed by atoms with Gasteiger partial charge in [-0.2, -0.15) is 15.0 Å². The van der Waals surface area contributed by atoms with E-state index >= 15 is 0 Å². The van der Waals surface area contributed by atoms with Gasteiger partial charge in [0.15, 0.2) is 0 Å². The Morgan fingerprint density at radius 2 is 1.37 bits per heavy atom. The fourth-order valence-electron chi connectivity index (χ4n) is 3.26. The third-order valence-corrected chi connectivity index (χ3v) is 5.53. The average Bonchev–Trinajstić information content (AvgIpc) is 2.94. The minimum Gasteiger partial charge on any atom is -0.377 e. The lowest BCUT2D eigenvalue weighted by Gasteiger charge is -2.12. The van der Waals surface area contributed by atoms with E-state index in [-0.39, 0.29) is 5.91 Å². The number of aromatic nitrogens is 3. The number of hydrogen-bond donors (Lipinski definition) is 4. The largest absolute Gasteiger partial charge is 0.377 e. The van der Waals surface area contributed by atoms with Crippen molar-refractivity contribution in [2.24, 2.45) is 0 Å². The highest BCUT2D eigenvalue weighted by Crippen LogP contribution is 2.13. The average molecular weight is 542 g/mol. The summed E-state index contributed by atoms with van der Waals surface area (Å²) < 4.78 is 11.1. The molecule has 0 bridgehead atoms. The van der Waals surface area contributed by atoms with Gasteiger partial charge >= 0.3 is 0 Å². The number of amides is 1. The van der Waals surface area contributed by atoms with Gasteiger partial charge in [-0.25, -0.2) is 0 Å². The number of halogens is 1. The minimum absolute atomic E-state index is 0.109. The molecule has 1 aromatic heterocycles. The molecule has 0 fully saturated rings. The van der Waals surface area contributed by atoms with Crippen molar-refractivity contribution in [1.82, 2.24) is 20.3 Å². The molecule has 1 amide bonds. The monoisotopic (exact) mass is 541 g/mol. The molecule has 2 aromatic carbocycles. The van der Waals surface area contributed by atoms with Gasteiger partial charge in [-0.15, -0.1) is 0 Å². The Hall–Kier alpha value is -3.47. The number of rotatable bonds is 18. The van der Waals surface area contributed by atoms with Gasteiger partial charge in [0.2, 0.25) is 17.8 Å². The van der Waals surface area contributed by atoms with Crippen molar-refractivity contribution in [2.75, 3.05) is 62.0 Å². The van der Waals surface area contributed by atoms with Gasteiger partial charge in [0.1, 0.15) is 0 Å². The minimum atomic E-state index is -0.109. The van der Waals surface area contributed by atoms with Gasteiger partial charge in [-0.05, 0) is 36.2 Å². The number of nitrogens with one attached hydrogen (secondary N) is 4. The van der Waals surface area contributed by atoms with Crippen LogP contribution in [0.2, 0.25) is 5.02 Å². The lowest BCUT2D eigenvalue weighted by molar-refractivity contribution is 0.0519. The summed E-state index contributed by atoms with van der Waals surface area (Å²) in [5.74, 6) is 1.35. The molecule has 0 aliphatic rings. The van der Waals surface area contributed by atoms with Crippen LogP contribution in [0, 0.1) is 0 Å².